The molecule has 0 unspecified atom stereocenters. The lowest BCUT2D eigenvalue weighted by Crippen LogP contribution is -2.02. The van der Waals surface area contributed by atoms with Crippen molar-refractivity contribution in [2.75, 3.05) is 5.75 Å². The van der Waals surface area contributed by atoms with Gasteiger partial charge in [0.15, 0.2) is 5.78 Å². The Morgan fingerprint density at radius 1 is 0.905 bits per heavy atom. The highest BCUT2D eigenvalue weighted by Gasteiger charge is 2.08. The van der Waals surface area contributed by atoms with Crippen LogP contribution in [0.1, 0.15) is 15.9 Å². The maximum atomic E-state index is 12.4. The quantitative estimate of drug-likeness (QED) is 0.490. The Morgan fingerprint density at radius 2 is 1.62 bits per heavy atom. The van der Waals surface area contributed by atoms with Gasteiger partial charge in [0, 0.05) is 10.5 Å². The number of thioether (sulfide) groups is 1. The number of ketones is 1. The molecule has 0 N–H and O–H groups in total. The number of carbonyl (C=O) groups is 1. The van der Waals surface area contributed by atoms with Crippen molar-refractivity contribution in [1.82, 2.24) is 0 Å². The van der Waals surface area contributed by atoms with Gasteiger partial charge in [0.05, 0.1) is 5.75 Å². The minimum atomic E-state index is 0.175. The molecule has 3 rings (SSSR count). The molecule has 0 aliphatic rings. The van der Waals surface area contributed by atoms with Crippen LogP contribution in [0.25, 0.3) is 10.8 Å². The first-order valence-corrected chi connectivity index (χ1v) is 7.93. The van der Waals surface area contributed by atoms with E-state index in [1.54, 1.807) is 11.8 Å². The molecule has 0 amide bonds. The number of aryl methyl sites for hydroxylation is 1. The topological polar surface area (TPSA) is 17.1 Å². The lowest BCUT2D eigenvalue weighted by atomic mass is 10.1. The zero-order chi connectivity index (χ0) is 14.7. The van der Waals surface area contributed by atoms with E-state index in [2.05, 4.69) is 25.1 Å². The molecule has 0 saturated carbocycles. The van der Waals surface area contributed by atoms with Gasteiger partial charge in [0.1, 0.15) is 0 Å². The molecule has 21 heavy (non-hydrogen) atoms. The number of rotatable bonds is 4. The maximum absolute atomic E-state index is 12.4. The van der Waals surface area contributed by atoms with Crippen molar-refractivity contribution in [3.63, 3.8) is 0 Å². The largest absolute Gasteiger partial charge is 0.293 e. The van der Waals surface area contributed by atoms with Crippen molar-refractivity contribution in [2.45, 2.75) is 11.8 Å². The van der Waals surface area contributed by atoms with Crippen LogP contribution in [0.15, 0.2) is 71.6 Å². The molecule has 0 saturated heterocycles. The van der Waals surface area contributed by atoms with Crippen LogP contribution in [0.3, 0.4) is 0 Å². The first-order valence-electron chi connectivity index (χ1n) is 6.94. The zero-order valence-corrected chi connectivity index (χ0v) is 12.7. The van der Waals surface area contributed by atoms with Gasteiger partial charge in [0.25, 0.3) is 0 Å². The Kier molecular flexibility index (Phi) is 4.07. The highest BCUT2D eigenvalue weighted by atomic mass is 32.2. The van der Waals surface area contributed by atoms with Crippen molar-refractivity contribution in [1.29, 1.82) is 0 Å². The summed E-state index contributed by atoms with van der Waals surface area (Å²) in [6.07, 6.45) is 0. The second-order valence-electron chi connectivity index (χ2n) is 5.04. The number of benzene rings is 3. The van der Waals surface area contributed by atoms with Crippen molar-refractivity contribution in [3.8, 4) is 0 Å². The van der Waals surface area contributed by atoms with Gasteiger partial charge in [-0.15, -0.1) is 11.8 Å². The van der Waals surface area contributed by atoms with E-state index in [0.717, 1.165) is 10.9 Å². The van der Waals surface area contributed by atoms with Crippen LogP contribution < -0.4 is 0 Å². The number of Topliss-reactive ketones (excluding diaryl/α,β-unsaturated/α-hetero) is 1. The van der Waals surface area contributed by atoms with E-state index in [-0.39, 0.29) is 5.78 Å². The summed E-state index contributed by atoms with van der Waals surface area (Å²) in [5.74, 6) is 0.650. The molecular weight excluding hydrogens is 276 g/mol. The van der Waals surface area contributed by atoms with E-state index in [4.69, 9.17) is 0 Å². The average Bonchev–Trinajstić information content (AvgIpc) is 2.53. The normalized spacial score (nSPS) is 10.7. The van der Waals surface area contributed by atoms with Crippen LogP contribution in [0.2, 0.25) is 0 Å². The molecule has 0 atom stereocenters. The van der Waals surface area contributed by atoms with E-state index in [1.165, 1.54) is 15.8 Å². The fraction of sp³-hybridized carbons (Fsp3) is 0.105. The summed E-state index contributed by atoms with van der Waals surface area (Å²) in [5, 5.41) is 2.28. The molecular formula is C19H16OS. The van der Waals surface area contributed by atoms with Crippen LogP contribution in [0.5, 0.6) is 0 Å². The minimum Gasteiger partial charge on any atom is -0.293 e. The van der Waals surface area contributed by atoms with E-state index in [9.17, 15) is 4.79 Å². The Morgan fingerprint density at radius 3 is 2.43 bits per heavy atom. The second kappa shape index (κ2) is 6.15. The maximum Gasteiger partial charge on any atom is 0.173 e. The molecule has 0 bridgehead atoms. The molecule has 2 heteroatoms. The van der Waals surface area contributed by atoms with Gasteiger partial charge in [-0.05, 0) is 35.4 Å². The Hall–Kier alpha value is -2.06. The minimum absolute atomic E-state index is 0.175. The molecule has 0 heterocycles. The number of hydrogen-bond donors (Lipinski definition) is 0. The highest BCUT2D eigenvalue weighted by Crippen LogP contribution is 2.23. The third kappa shape index (κ3) is 3.17. The Balaban J connectivity index is 1.76. The first kappa shape index (κ1) is 13.9. The van der Waals surface area contributed by atoms with Crippen LogP contribution in [-0.4, -0.2) is 11.5 Å². The summed E-state index contributed by atoms with van der Waals surface area (Å²) in [6.45, 7) is 2.07. The van der Waals surface area contributed by atoms with Crippen molar-refractivity contribution < 1.29 is 4.79 Å². The Bertz CT molecular complexity index is 792. The molecule has 0 radical (unpaired) electrons. The smallest absolute Gasteiger partial charge is 0.173 e. The first-order chi connectivity index (χ1) is 10.2. The number of hydrogen-bond acceptors (Lipinski definition) is 2. The number of carbonyl (C=O) groups excluding carboxylic acids is 1. The predicted molar refractivity (Wildman–Crippen MR) is 90.2 cm³/mol. The average molecular weight is 292 g/mol. The van der Waals surface area contributed by atoms with Gasteiger partial charge < -0.3 is 0 Å². The molecule has 0 fully saturated rings. The molecule has 1 nitrogen and oxygen atoms in total. The molecule has 3 aromatic rings. The molecule has 0 aromatic heterocycles. The summed E-state index contributed by atoms with van der Waals surface area (Å²) < 4.78 is 0. The fourth-order valence-electron chi connectivity index (χ4n) is 2.31. The predicted octanol–water partition coefficient (Wildman–Crippen LogP) is 5.12. The van der Waals surface area contributed by atoms with Crippen molar-refractivity contribution in [2.24, 2.45) is 0 Å². The van der Waals surface area contributed by atoms with Crippen LogP contribution >= 0.6 is 11.8 Å². The standard InChI is InChI=1S/C19H16OS/c1-14-6-2-5-9-19(14)21-13-18(20)17-11-10-15-7-3-4-8-16(15)12-17/h2-12H,13H2,1H3. The van der Waals surface area contributed by atoms with E-state index in [1.807, 2.05) is 48.5 Å². The molecule has 104 valence electrons. The van der Waals surface area contributed by atoms with E-state index < -0.39 is 0 Å². The number of fused-ring (bicyclic) bond motifs is 1. The van der Waals surface area contributed by atoms with Crippen molar-refractivity contribution in [3.05, 3.63) is 77.9 Å². The van der Waals surface area contributed by atoms with Gasteiger partial charge >= 0.3 is 0 Å². The lowest BCUT2D eigenvalue weighted by molar-refractivity contribution is 0.102. The fourth-order valence-corrected chi connectivity index (χ4v) is 3.23. The van der Waals surface area contributed by atoms with E-state index in [0.29, 0.717) is 5.75 Å². The summed E-state index contributed by atoms with van der Waals surface area (Å²) in [6, 6.07) is 22.2. The van der Waals surface area contributed by atoms with Gasteiger partial charge in [-0.25, -0.2) is 0 Å². The SMILES string of the molecule is Cc1ccccc1SCC(=O)c1ccc2ccccc2c1. The summed E-state index contributed by atoms with van der Waals surface area (Å²) in [7, 11) is 0. The highest BCUT2D eigenvalue weighted by molar-refractivity contribution is 8.00. The molecule has 0 spiro atoms. The zero-order valence-electron chi connectivity index (χ0n) is 11.9. The summed E-state index contributed by atoms with van der Waals surface area (Å²) in [5.41, 5.74) is 2.00. The second-order valence-corrected chi connectivity index (χ2v) is 6.06. The van der Waals surface area contributed by atoms with Crippen molar-refractivity contribution >= 4 is 28.3 Å². The third-order valence-corrected chi connectivity index (χ3v) is 4.70. The monoisotopic (exact) mass is 292 g/mol. The lowest BCUT2D eigenvalue weighted by Gasteiger charge is -2.06. The van der Waals surface area contributed by atoms with Gasteiger partial charge in [-0.2, -0.15) is 0 Å². The molecule has 0 aliphatic carbocycles. The van der Waals surface area contributed by atoms with Crippen LogP contribution in [0.4, 0.5) is 0 Å². The third-order valence-electron chi connectivity index (χ3n) is 3.52. The van der Waals surface area contributed by atoms with Gasteiger partial charge in [-0.1, -0.05) is 54.6 Å². The summed E-state index contributed by atoms with van der Waals surface area (Å²) >= 11 is 1.61. The summed E-state index contributed by atoms with van der Waals surface area (Å²) in [4.78, 5) is 13.5. The molecule has 0 aliphatic heterocycles. The van der Waals surface area contributed by atoms with Crippen LogP contribution in [-0.2, 0) is 0 Å². The molecule has 3 aromatic carbocycles. The van der Waals surface area contributed by atoms with Crippen LogP contribution in [0, 0.1) is 6.92 Å². The van der Waals surface area contributed by atoms with Gasteiger partial charge in [-0.3, -0.25) is 4.79 Å². The van der Waals surface area contributed by atoms with Gasteiger partial charge in [0.2, 0.25) is 0 Å². The van der Waals surface area contributed by atoms with E-state index >= 15 is 0 Å². The Labute approximate surface area is 129 Å².